The Bertz CT molecular complexity index is 756. The molecule has 144 valence electrons. The summed E-state index contributed by atoms with van der Waals surface area (Å²) in [5.41, 5.74) is 2.01. The van der Waals surface area contributed by atoms with E-state index in [2.05, 4.69) is 4.72 Å². The van der Waals surface area contributed by atoms with E-state index in [1.807, 2.05) is 24.8 Å². The van der Waals surface area contributed by atoms with E-state index in [1.165, 1.54) is 0 Å². The SMILES string of the molecule is CCN(CC)C(=O)N1CCc2cc(S(=O)(=O)N[C@@H]3CCOC3)ccc2C1. The third kappa shape index (κ3) is 4.02. The average molecular weight is 381 g/mol. The Morgan fingerprint density at radius 3 is 2.73 bits per heavy atom. The number of amides is 2. The van der Waals surface area contributed by atoms with Crippen molar-refractivity contribution in [1.29, 1.82) is 0 Å². The second-order valence-electron chi connectivity index (χ2n) is 6.74. The van der Waals surface area contributed by atoms with Gasteiger partial charge in [0.2, 0.25) is 10.0 Å². The van der Waals surface area contributed by atoms with Crippen molar-refractivity contribution >= 4 is 16.1 Å². The molecule has 0 aromatic heterocycles. The average Bonchev–Trinajstić information content (AvgIpc) is 3.14. The van der Waals surface area contributed by atoms with Gasteiger partial charge in [0.05, 0.1) is 11.5 Å². The van der Waals surface area contributed by atoms with Gasteiger partial charge in [-0.2, -0.15) is 0 Å². The lowest BCUT2D eigenvalue weighted by Crippen LogP contribution is -2.45. The number of ether oxygens (including phenoxy) is 1. The molecule has 1 N–H and O–H groups in total. The highest BCUT2D eigenvalue weighted by Crippen LogP contribution is 2.24. The van der Waals surface area contributed by atoms with Gasteiger partial charge in [-0.1, -0.05) is 6.07 Å². The maximum Gasteiger partial charge on any atom is 0.320 e. The molecule has 2 amide bonds. The Labute approximate surface area is 155 Å². The van der Waals surface area contributed by atoms with E-state index in [1.54, 1.807) is 17.0 Å². The predicted molar refractivity (Wildman–Crippen MR) is 98.4 cm³/mol. The smallest absolute Gasteiger partial charge is 0.320 e. The van der Waals surface area contributed by atoms with Gasteiger partial charge in [0.1, 0.15) is 0 Å². The van der Waals surface area contributed by atoms with Crippen LogP contribution in [0.3, 0.4) is 0 Å². The van der Waals surface area contributed by atoms with E-state index >= 15 is 0 Å². The third-order valence-electron chi connectivity index (χ3n) is 5.06. The van der Waals surface area contributed by atoms with Crippen LogP contribution in [-0.2, 0) is 27.7 Å². The van der Waals surface area contributed by atoms with Gasteiger partial charge in [0.25, 0.3) is 0 Å². The zero-order valence-corrected chi connectivity index (χ0v) is 16.2. The van der Waals surface area contributed by atoms with Crippen LogP contribution in [-0.4, -0.2) is 63.1 Å². The quantitative estimate of drug-likeness (QED) is 0.840. The lowest BCUT2D eigenvalue weighted by atomic mass is 10.0. The molecule has 0 radical (unpaired) electrons. The van der Waals surface area contributed by atoms with E-state index in [0.29, 0.717) is 52.2 Å². The predicted octanol–water partition coefficient (Wildman–Crippen LogP) is 1.57. The molecule has 1 saturated heterocycles. The third-order valence-corrected chi connectivity index (χ3v) is 6.57. The number of hydrogen-bond acceptors (Lipinski definition) is 4. The molecule has 1 fully saturated rings. The molecule has 3 rings (SSSR count). The summed E-state index contributed by atoms with van der Waals surface area (Å²) in [7, 11) is -3.55. The van der Waals surface area contributed by atoms with Crippen LogP contribution in [0.4, 0.5) is 4.79 Å². The second kappa shape index (κ2) is 7.94. The Balaban J connectivity index is 1.73. The first-order chi connectivity index (χ1) is 12.4. The van der Waals surface area contributed by atoms with E-state index in [9.17, 15) is 13.2 Å². The summed E-state index contributed by atoms with van der Waals surface area (Å²) in [5.74, 6) is 0. The Hall–Kier alpha value is -1.64. The fraction of sp³-hybridized carbons (Fsp3) is 0.611. The van der Waals surface area contributed by atoms with Gasteiger partial charge in [-0.3, -0.25) is 0 Å². The van der Waals surface area contributed by atoms with Crippen molar-refractivity contribution in [2.45, 2.75) is 44.2 Å². The van der Waals surface area contributed by atoms with E-state index < -0.39 is 10.0 Å². The molecule has 2 aliphatic heterocycles. The standard InChI is InChI=1S/C18H27N3O4S/c1-3-20(4-2)18(22)21-9-7-14-11-17(6-5-15(14)12-21)26(23,24)19-16-8-10-25-13-16/h5-6,11,16,19H,3-4,7-10,12-13H2,1-2H3/t16-/m1/s1. The van der Waals surface area contributed by atoms with Crippen LogP contribution in [0.15, 0.2) is 23.1 Å². The molecular formula is C18H27N3O4S. The number of rotatable bonds is 5. The zero-order chi connectivity index (χ0) is 18.7. The van der Waals surface area contributed by atoms with E-state index in [0.717, 1.165) is 11.1 Å². The van der Waals surface area contributed by atoms with Gasteiger partial charge in [-0.15, -0.1) is 0 Å². The molecular weight excluding hydrogens is 354 g/mol. The van der Waals surface area contributed by atoms with Crippen molar-refractivity contribution in [1.82, 2.24) is 14.5 Å². The van der Waals surface area contributed by atoms with Gasteiger partial charge >= 0.3 is 6.03 Å². The molecule has 26 heavy (non-hydrogen) atoms. The summed E-state index contributed by atoms with van der Waals surface area (Å²) in [4.78, 5) is 16.4. The van der Waals surface area contributed by atoms with Gasteiger partial charge in [0, 0.05) is 38.8 Å². The topological polar surface area (TPSA) is 79.0 Å². The first-order valence-electron chi connectivity index (χ1n) is 9.20. The fourth-order valence-corrected chi connectivity index (χ4v) is 4.77. The highest BCUT2D eigenvalue weighted by atomic mass is 32.2. The normalized spacial score (nSPS) is 20.1. The minimum atomic E-state index is -3.55. The summed E-state index contributed by atoms with van der Waals surface area (Å²) in [6.45, 7) is 7.46. The lowest BCUT2D eigenvalue weighted by Gasteiger charge is -2.33. The summed E-state index contributed by atoms with van der Waals surface area (Å²) >= 11 is 0. The summed E-state index contributed by atoms with van der Waals surface area (Å²) in [6.07, 6.45) is 1.37. The number of fused-ring (bicyclic) bond motifs is 1. The van der Waals surface area contributed by atoms with Crippen LogP contribution in [0, 0.1) is 0 Å². The Morgan fingerprint density at radius 1 is 1.31 bits per heavy atom. The van der Waals surface area contributed by atoms with Crippen LogP contribution >= 0.6 is 0 Å². The van der Waals surface area contributed by atoms with Gasteiger partial charge in [-0.05, 0) is 49.9 Å². The minimum Gasteiger partial charge on any atom is -0.380 e. The van der Waals surface area contributed by atoms with Crippen molar-refractivity contribution in [2.24, 2.45) is 0 Å². The highest BCUT2D eigenvalue weighted by molar-refractivity contribution is 7.89. The minimum absolute atomic E-state index is 0.0419. The molecule has 0 spiro atoms. The van der Waals surface area contributed by atoms with Crippen molar-refractivity contribution in [2.75, 3.05) is 32.8 Å². The zero-order valence-electron chi connectivity index (χ0n) is 15.4. The number of sulfonamides is 1. The molecule has 8 heteroatoms. The lowest BCUT2D eigenvalue weighted by molar-refractivity contribution is 0.152. The van der Waals surface area contributed by atoms with E-state index in [4.69, 9.17) is 4.74 Å². The van der Waals surface area contributed by atoms with Crippen LogP contribution in [0.1, 0.15) is 31.4 Å². The largest absolute Gasteiger partial charge is 0.380 e. The maximum atomic E-state index is 12.6. The molecule has 0 saturated carbocycles. The van der Waals surface area contributed by atoms with Crippen LogP contribution in [0.5, 0.6) is 0 Å². The molecule has 1 aromatic carbocycles. The molecule has 1 aromatic rings. The van der Waals surface area contributed by atoms with Gasteiger partial charge in [0.15, 0.2) is 0 Å². The van der Waals surface area contributed by atoms with Crippen molar-refractivity contribution in [3.63, 3.8) is 0 Å². The number of carbonyl (C=O) groups is 1. The molecule has 0 bridgehead atoms. The fourth-order valence-electron chi connectivity index (χ4n) is 3.47. The second-order valence-corrected chi connectivity index (χ2v) is 8.45. The molecule has 2 heterocycles. The maximum absolute atomic E-state index is 12.6. The number of urea groups is 1. The monoisotopic (exact) mass is 381 g/mol. The molecule has 0 unspecified atom stereocenters. The number of hydrogen-bond donors (Lipinski definition) is 1. The van der Waals surface area contributed by atoms with Crippen molar-refractivity contribution in [3.05, 3.63) is 29.3 Å². The number of benzene rings is 1. The molecule has 2 aliphatic rings. The first-order valence-corrected chi connectivity index (χ1v) is 10.7. The molecule has 7 nitrogen and oxygen atoms in total. The van der Waals surface area contributed by atoms with Crippen LogP contribution in [0.2, 0.25) is 0 Å². The summed E-state index contributed by atoms with van der Waals surface area (Å²) < 4.78 is 33.1. The Morgan fingerprint density at radius 2 is 2.08 bits per heavy atom. The van der Waals surface area contributed by atoms with Gasteiger partial charge < -0.3 is 14.5 Å². The highest BCUT2D eigenvalue weighted by Gasteiger charge is 2.27. The van der Waals surface area contributed by atoms with E-state index in [-0.39, 0.29) is 17.0 Å². The van der Waals surface area contributed by atoms with Crippen molar-refractivity contribution in [3.8, 4) is 0 Å². The summed E-state index contributed by atoms with van der Waals surface area (Å²) in [5, 5.41) is 0. The van der Waals surface area contributed by atoms with Gasteiger partial charge in [-0.25, -0.2) is 17.9 Å². The molecule has 1 atom stereocenters. The first kappa shape index (κ1) is 19.1. The number of nitrogens with one attached hydrogen (secondary N) is 1. The number of carbonyl (C=O) groups excluding carboxylic acids is 1. The number of nitrogens with zero attached hydrogens (tertiary/aromatic N) is 2. The molecule has 0 aliphatic carbocycles. The van der Waals surface area contributed by atoms with Crippen LogP contribution in [0.25, 0.3) is 0 Å². The Kier molecular flexibility index (Phi) is 5.84. The van der Waals surface area contributed by atoms with Crippen molar-refractivity contribution < 1.29 is 17.9 Å². The summed E-state index contributed by atoms with van der Waals surface area (Å²) in [6, 6.07) is 5.09. The van der Waals surface area contributed by atoms with Crippen LogP contribution < -0.4 is 4.72 Å².